The highest BCUT2D eigenvalue weighted by Gasteiger charge is 2.41. The van der Waals surface area contributed by atoms with Gasteiger partial charge >= 0.3 is 6.09 Å². The van der Waals surface area contributed by atoms with Gasteiger partial charge in [-0.3, -0.25) is 0 Å². The van der Waals surface area contributed by atoms with Crippen LogP contribution in [-0.2, 0) is 4.74 Å². The molecule has 1 N–H and O–H groups in total. The van der Waals surface area contributed by atoms with Crippen molar-refractivity contribution in [3.8, 4) is 0 Å². The minimum atomic E-state index is -0.877. The zero-order chi connectivity index (χ0) is 14.9. The lowest BCUT2D eigenvalue weighted by molar-refractivity contribution is -0.0878. The molecule has 3 rings (SSSR count). The fourth-order valence-corrected chi connectivity index (χ4v) is 3.00. The van der Waals surface area contributed by atoms with Crippen LogP contribution in [0.25, 0.3) is 0 Å². The van der Waals surface area contributed by atoms with Crippen LogP contribution in [0.1, 0.15) is 12.8 Å². The number of amides is 1. The van der Waals surface area contributed by atoms with Crippen LogP contribution in [0.3, 0.4) is 0 Å². The first kappa shape index (κ1) is 14.1. The molecule has 2 aliphatic rings. The Kier molecular flexibility index (Phi) is 3.67. The van der Waals surface area contributed by atoms with Crippen molar-refractivity contribution in [2.75, 3.05) is 37.7 Å². The summed E-state index contributed by atoms with van der Waals surface area (Å²) >= 11 is 0. The number of hydrogen-bond acceptors (Lipinski definition) is 4. The van der Waals surface area contributed by atoms with Gasteiger partial charge in [0.25, 0.3) is 0 Å². The van der Waals surface area contributed by atoms with Gasteiger partial charge < -0.3 is 19.6 Å². The van der Waals surface area contributed by atoms with Crippen molar-refractivity contribution in [2.45, 2.75) is 18.4 Å². The van der Waals surface area contributed by atoms with Crippen molar-refractivity contribution in [2.24, 2.45) is 0 Å². The molecule has 2 aliphatic heterocycles. The lowest BCUT2D eigenvalue weighted by atomic mass is 9.89. The Labute approximate surface area is 122 Å². The van der Waals surface area contributed by atoms with E-state index in [0.29, 0.717) is 45.6 Å². The molecule has 7 heteroatoms. The fraction of sp³-hybridized carbons (Fsp3) is 0.571. The van der Waals surface area contributed by atoms with Crippen molar-refractivity contribution >= 4 is 11.9 Å². The highest BCUT2D eigenvalue weighted by Crippen LogP contribution is 2.31. The maximum atomic E-state index is 13.0. The molecule has 3 heterocycles. The van der Waals surface area contributed by atoms with Gasteiger partial charge in [0, 0.05) is 26.2 Å². The number of ether oxygens (including phenoxy) is 1. The number of pyridine rings is 1. The van der Waals surface area contributed by atoms with Gasteiger partial charge in [-0.2, -0.15) is 0 Å². The second kappa shape index (κ2) is 5.48. The first-order valence-corrected chi connectivity index (χ1v) is 7.06. The molecule has 0 saturated carbocycles. The first-order valence-electron chi connectivity index (χ1n) is 7.06. The highest BCUT2D eigenvalue weighted by atomic mass is 19.1. The SMILES string of the molecule is O=C(O)N1CCC2(CC1)CN(c1ccc(F)cn1)CCO2. The van der Waals surface area contributed by atoms with Crippen LogP contribution in [0, 0.1) is 5.82 Å². The average molecular weight is 295 g/mol. The van der Waals surface area contributed by atoms with Crippen molar-refractivity contribution in [1.82, 2.24) is 9.88 Å². The molecule has 114 valence electrons. The van der Waals surface area contributed by atoms with Crippen molar-refractivity contribution in [3.05, 3.63) is 24.1 Å². The molecule has 2 fully saturated rings. The topological polar surface area (TPSA) is 65.9 Å². The Morgan fingerprint density at radius 3 is 2.71 bits per heavy atom. The molecule has 0 unspecified atom stereocenters. The van der Waals surface area contributed by atoms with E-state index in [4.69, 9.17) is 9.84 Å². The van der Waals surface area contributed by atoms with Crippen molar-refractivity contribution < 1.29 is 19.0 Å². The third kappa shape index (κ3) is 2.92. The van der Waals surface area contributed by atoms with E-state index >= 15 is 0 Å². The van der Waals surface area contributed by atoms with E-state index in [-0.39, 0.29) is 11.4 Å². The zero-order valence-electron chi connectivity index (χ0n) is 11.7. The Bertz CT molecular complexity index is 515. The molecule has 6 nitrogen and oxygen atoms in total. The van der Waals surface area contributed by atoms with E-state index in [9.17, 15) is 9.18 Å². The quantitative estimate of drug-likeness (QED) is 0.852. The summed E-state index contributed by atoms with van der Waals surface area (Å²) in [6.45, 7) is 2.92. The first-order chi connectivity index (χ1) is 10.1. The number of piperidine rings is 1. The molecule has 1 spiro atoms. The summed E-state index contributed by atoms with van der Waals surface area (Å²) in [6.07, 6.45) is 1.69. The van der Waals surface area contributed by atoms with Crippen LogP contribution in [0.15, 0.2) is 18.3 Å². The number of hydrogen-bond donors (Lipinski definition) is 1. The largest absolute Gasteiger partial charge is 0.465 e. The number of morpholine rings is 1. The van der Waals surface area contributed by atoms with Gasteiger partial charge in [-0.1, -0.05) is 0 Å². The minimum Gasteiger partial charge on any atom is -0.465 e. The molecule has 0 aromatic carbocycles. The maximum absolute atomic E-state index is 13.0. The normalized spacial score (nSPS) is 21.6. The zero-order valence-corrected chi connectivity index (χ0v) is 11.7. The number of aromatic nitrogens is 1. The summed E-state index contributed by atoms with van der Waals surface area (Å²) in [5.41, 5.74) is -0.319. The predicted molar refractivity (Wildman–Crippen MR) is 73.9 cm³/mol. The molecular weight excluding hydrogens is 277 g/mol. The van der Waals surface area contributed by atoms with E-state index < -0.39 is 6.09 Å². The van der Waals surface area contributed by atoms with Crippen molar-refractivity contribution in [3.63, 3.8) is 0 Å². The smallest absolute Gasteiger partial charge is 0.407 e. The summed E-state index contributed by atoms with van der Waals surface area (Å²) in [5, 5.41) is 9.01. The molecule has 21 heavy (non-hydrogen) atoms. The Balaban J connectivity index is 1.68. The number of halogens is 1. The van der Waals surface area contributed by atoms with Crippen LogP contribution in [0.4, 0.5) is 15.0 Å². The third-order valence-corrected chi connectivity index (χ3v) is 4.23. The molecule has 0 aliphatic carbocycles. The summed E-state index contributed by atoms with van der Waals surface area (Å²) < 4.78 is 18.9. The molecule has 1 aromatic heterocycles. The van der Waals surface area contributed by atoms with Gasteiger partial charge in [-0.05, 0) is 25.0 Å². The predicted octanol–water partition coefficient (Wildman–Crippen LogP) is 1.57. The van der Waals surface area contributed by atoms with Crippen LogP contribution >= 0.6 is 0 Å². The van der Waals surface area contributed by atoms with Crippen LogP contribution < -0.4 is 4.90 Å². The monoisotopic (exact) mass is 295 g/mol. The van der Waals surface area contributed by atoms with Crippen LogP contribution in [-0.4, -0.2) is 59.5 Å². The lowest BCUT2D eigenvalue weighted by Crippen LogP contribution is -2.57. The standard InChI is InChI=1S/C14H18FN3O3/c15-11-1-2-12(16-9-11)18-7-8-21-14(10-18)3-5-17(6-4-14)13(19)20/h1-2,9H,3-8,10H2,(H,19,20). The lowest BCUT2D eigenvalue weighted by Gasteiger charge is -2.47. The van der Waals surface area contributed by atoms with Gasteiger partial charge in [0.15, 0.2) is 0 Å². The number of anilines is 1. The van der Waals surface area contributed by atoms with Gasteiger partial charge in [0.05, 0.1) is 18.4 Å². The third-order valence-electron chi connectivity index (χ3n) is 4.23. The highest BCUT2D eigenvalue weighted by molar-refractivity contribution is 5.65. The number of carboxylic acid groups (broad SMARTS) is 1. The number of nitrogens with zero attached hydrogens (tertiary/aromatic N) is 3. The van der Waals surface area contributed by atoms with Crippen LogP contribution in [0.5, 0.6) is 0 Å². The molecule has 0 bridgehead atoms. The second-order valence-electron chi connectivity index (χ2n) is 5.56. The van der Waals surface area contributed by atoms with Crippen molar-refractivity contribution in [1.29, 1.82) is 0 Å². The Morgan fingerprint density at radius 1 is 1.33 bits per heavy atom. The second-order valence-corrected chi connectivity index (χ2v) is 5.56. The number of rotatable bonds is 1. The summed E-state index contributed by atoms with van der Waals surface area (Å²) in [7, 11) is 0. The van der Waals surface area contributed by atoms with Crippen LogP contribution in [0.2, 0.25) is 0 Å². The summed E-state index contributed by atoms with van der Waals surface area (Å²) in [4.78, 5) is 18.6. The molecule has 1 amide bonds. The molecule has 0 atom stereocenters. The van der Waals surface area contributed by atoms with E-state index in [0.717, 1.165) is 5.82 Å². The minimum absolute atomic E-state index is 0.319. The average Bonchev–Trinajstić information content (AvgIpc) is 2.48. The van der Waals surface area contributed by atoms with Gasteiger partial charge in [0.2, 0.25) is 0 Å². The Hall–Kier alpha value is -1.89. The maximum Gasteiger partial charge on any atom is 0.407 e. The fourth-order valence-electron chi connectivity index (χ4n) is 3.00. The van der Waals surface area contributed by atoms with E-state index in [1.165, 1.54) is 17.2 Å². The van der Waals surface area contributed by atoms with Gasteiger partial charge in [-0.15, -0.1) is 0 Å². The molecule has 2 saturated heterocycles. The number of carbonyl (C=O) groups is 1. The van der Waals surface area contributed by atoms with Gasteiger partial charge in [-0.25, -0.2) is 14.2 Å². The summed E-state index contributed by atoms with van der Waals surface area (Å²) in [6, 6.07) is 3.07. The van der Waals surface area contributed by atoms with Gasteiger partial charge in [0.1, 0.15) is 11.6 Å². The summed E-state index contributed by atoms with van der Waals surface area (Å²) in [5.74, 6) is 0.385. The van der Waals surface area contributed by atoms with E-state index in [1.54, 1.807) is 6.07 Å². The van der Waals surface area contributed by atoms with E-state index in [2.05, 4.69) is 9.88 Å². The van der Waals surface area contributed by atoms with E-state index in [1.807, 2.05) is 0 Å². The molecular formula is C14H18FN3O3. The molecule has 0 radical (unpaired) electrons. The number of likely N-dealkylation sites (tertiary alicyclic amines) is 1. The Morgan fingerprint density at radius 2 is 2.10 bits per heavy atom. The molecule has 1 aromatic rings.